The smallest absolute Gasteiger partial charge is 0.240 e. The van der Waals surface area contributed by atoms with Gasteiger partial charge in [0, 0.05) is 13.0 Å². The third kappa shape index (κ3) is 4.95. The molecular weight excluding hydrogens is 322 g/mol. The van der Waals surface area contributed by atoms with Crippen molar-refractivity contribution in [2.75, 3.05) is 6.67 Å². The molecule has 1 aliphatic heterocycles. The molecule has 1 heterocycles. The van der Waals surface area contributed by atoms with Crippen LogP contribution in [0.1, 0.15) is 39.2 Å². The molecular formula is C18H25N3O4. The van der Waals surface area contributed by atoms with Gasteiger partial charge in [0.25, 0.3) is 0 Å². The first kappa shape index (κ1) is 18.8. The van der Waals surface area contributed by atoms with Crippen LogP contribution in [0, 0.1) is 5.41 Å². The molecule has 1 aromatic rings. The molecule has 0 aromatic heterocycles. The van der Waals surface area contributed by atoms with Gasteiger partial charge in [-0.2, -0.15) is 0 Å². The van der Waals surface area contributed by atoms with Crippen molar-refractivity contribution in [1.82, 2.24) is 9.80 Å². The van der Waals surface area contributed by atoms with Gasteiger partial charge in [-0.25, -0.2) is 0 Å². The molecule has 3 amide bonds. The molecule has 1 aromatic carbocycles. The highest BCUT2D eigenvalue weighted by molar-refractivity contribution is 5.93. The molecule has 1 atom stereocenters. The summed E-state index contributed by atoms with van der Waals surface area (Å²) >= 11 is 0. The second-order valence-electron chi connectivity index (χ2n) is 7.62. The molecule has 136 valence electrons. The van der Waals surface area contributed by atoms with E-state index in [4.69, 9.17) is 5.73 Å². The minimum atomic E-state index is -0.904. The van der Waals surface area contributed by atoms with Crippen molar-refractivity contribution < 1.29 is 19.5 Å². The van der Waals surface area contributed by atoms with Gasteiger partial charge < -0.3 is 20.6 Å². The van der Waals surface area contributed by atoms with Crippen molar-refractivity contribution in [3.63, 3.8) is 0 Å². The van der Waals surface area contributed by atoms with Crippen molar-refractivity contribution in [3.8, 4) is 5.75 Å². The number of aromatic hydroxyl groups is 1. The summed E-state index contributed by atoms with van der Waals surface area (Å²) in [5, 5.41) is 9.35. The molecule has 0 spiro atoms. The summed E-state index contributed by atoms with van der Waals surface area (Å²) in [5.74, 6) is -0.944. The molecule has 3 N–H and O–H groups in total. The van der Waals surface area contributed by atoms with E-state index in [0.717, 1.165) is 5.56 Å². The van der Waals surface area contributed by atoms with Crippen LogP contribution in [0.5, 0.6) is 5.75 Å². The molecule has 25 heavy (non-hydrogen) atoms. The number of benzene rings is 1. The monoisotopic (exact) mass is 347 g/mol. The van der Waals surface area contributed by atoms with E-state index in [1.807, 2.05) is 20.8 Å². The molecule has 7 heteroatoms. The van der Waals surface area contributed by atoms with Crippen molar-refractivity contribution in [1.29, 1.82) is 0 Å². The average Bonchev–Trinajstić information content (AvgIpc) is 2.49. The molecule has 2 rings (SSSR count). The number of rotatable bonds is 4. The van der Waals surface area contributed by atoms with Crippen LogP contribution in [0.2, 0.25) is 0 Å². The zero-order chi connectivity index (χ0) is 18.8. The first-order chi connectivity index (χ1) is 11.6. The summed E-state index contributed by atoms with van der Waals surface area (Å²) in [6, 6.07) is 5.60. The number of nitrogens with two attached hydrogens (primary N) is 1. The van der Waals surface area contributed by atoms with Gasteiger partial charge in [-0.3, -0.25) is 14.4 Å². The van der Waals surface area contributed by atoms with Gasteiger partial charge in [0.1, 0.15) is 11.8 Å². The van der Waals surface area contributed by atoms with Crippen LogP contribution in [0.3, 0.4) is 0 Å². The highest BCUT2D eigenvalue weighted by atomic mass is 16.3. The standard InChI is InChI=1S/C18H25N3O4/c1-18(2,3)9-16(24)21-11-20(15(23)8-14(21)17(19)25)10-12-4-6-13(22)7-5-12/h4-7,14,22H,8-11H2,1-3H3,(H2,19,25). The lowest BCUT2D eigenvalue weighted by Gasteiger charge is -2.40. The quantitative estimate of drug-likeness (QED) is 0.854. The maximum Gasteiger partial charge on any atom is 0.240 e. The fourth-order valence-electron chi connectivity index (χ4n) is 2.79. The van der Waals surface area contributed by atoms with Crippen molar-refractivity contribution in [2.24, 2.45) is 11.1 Å². The predicted octanol–water partition coefficient (Wildman–Crippen LogP) is 1.20. The van der Waals surface area contributed by atoms with Crippen LogP contribution in [-0.2, 0) is 20.9 Å². The van der Waals surface area contributed by atoms with E-state index in [1.165, 1.54) is 9.80 Å². The van der Waals surface area contributed by atoms with E-state index < -0.39 is 11.9 Å². The van der Waals surface area contributed by atoms with Crippen LogP contribution >= 0.6 is 0 Å². The average molecular weight is 347 g/mol. The Labute approximate surface area is 147 Å². The first-order valence-electron chi connectivity index (χ1n) is 8.21. The molecule has 1 saturated heterocycles. The molecule has 1 unspecified atom stereocenters. The molecule has 7 nitrogen and oxygen atoms in total. The zero-order valence-corrected chi connectivity index (χ0v) is 14.9. The molecule has 0 bridgehead atoms. The highest BCUT2D eigenvalue weighted by Gasteiger charge is 2.38. The summed E-state index contributed by atoms with van der Waals surface area (Å²) in [7, 11) is 0. The van der Waals surface area contributed by atoms with Gasteiger partial charge in [0.2, 0.25) is 17.7 Å². The summed E-state index contributed by atoms with van der Waals surface area (Å²) in [6.45, 7) is 6.14. The van der Waals surface area contributed by atoms with Crippen LogP contribution in [0.25, 0.3) is 0 Å². The lowest BCUT2D eigenvalue weighted by atomic mass is 9.91. The van der Waals surface area contributed by atoms with E-state index in [0.29, 0.717) is 6.54 Å². The molecule has 1 fully saturated rings. The topological polar surface area (TPSA) is 104 Å². The van der Waals surface area contributed by atoms with Gasteiger partial charge in [0.15, 0.2) is 0 Å². The van der Waals surface area contributed by atoms with Gasteiger partial charge >= 0.3 is 0 Å². The fraction of sp³-hybridized carbons (Fsp3) is 0.500. The Hall–Kier alpha value is -2.57. The SMILES string of the molecule is CC(C)(C)CC(=O)N1CN(Cc2ccc(O)cc2)C(=O)CC1C(N)=O. The van der Waals surface area contributed by atoms with Gasteiger partial charge in [0.05, 0.1) is 13.1 Å². The summed E-state index contributed by atoms with van der Waals surface area (Å²) in [4.78, 5) is 39.6. The molecule has 0 radical (unpaired) electrons. The first-order valence-corrected chi connectivity index (χ1v) is 8.21. The fourth-order valence-corrected chi connectivity index (χ4v) is 2.79. The second kappa shape index (κ2) is 7.13. The molecule has 0 aliphatic carbocycles. The summed E-state index contributed by atoms with van der Waals surface area (Å²) in [6.07, 6.45) is 0.154. The van der Waals surface area contributed by atoms with E-state index in [-0.39, 0.29) is 42.5 Å². The molecule has 0 saturated carbocycles. The van der Waals surface area contributed by atoms with Crippen molar-refractivity contribution in [3.05, 3.63) is 29.8 Å². The van der Waals surface area contributed by atoms with Gasteiger partial charge in [-0.15, -0.1) is 0 Å². The molecule has 1 aliphatic rings. The number of nitrogens with zero attached hydrogens (tertiary/aromatic N) is 2. The number of hydrogen-bond acceptors (Lipinski definition) is 4. The number of amides is 3. The van der Waals surface area contributed by atoms with Crippen molar-refractivity contribution in [2.45, 2.75) is 46.2 Å². The summed E-state index contributed by atoms with van der Waals surface area (Å²) in [5.41, 5.74) is 6.00. The number of hydrogen-bond donors (Lipinski definition) is 2. The van der Waals surface area contributed by atoms with E-state index in [9.17, 15) is 19.5 Å². The van der Waals surface area contributed by atoms with Crippen molar-refractivity contribution >= 4 is 17.7 Å². The maximum atomic E-state index is 12.6. The lowest BCUT2D eigenvalue weighted by molar-refractivity contribution is -0.156. The number of carbonyl (C=O) groups is 3. The minimum absolute atomic E-state index is 0.0300. The Balaban J connectivity index is 2.17. The lowest BCUT2D eigenvalue weighted by Crippen LogP contribution is -2.59. The predicted molar refractivity (Wildman–Crippen MR) is 92.0 cm³/mol. The summed E-state index contributed by atoms with van der Waals surface area (Å²) < 4.78 is 0. The van der Waals surface area contributed by atoms with Gasteiger partial charge in [-0.1, -0.05) is 32.9 Å². The Morgan fingerprint density at radius 3 is 2.36 bits per heavy atom. The largest absolute Gasteiger partial charge is 0.508 e. The third-order valence-corrected chi connectivity index (χ3v) is 4.06. The third-order valence-electron chi connectivity index (χ3n) is 4.06. The highest BCUT2D eigenvalue weighted by Crippen LogP contribution is 2.24. The number of carbonyl (C=O) groups excluding carboxylic acids is 3. The normalized spacial score (nSPS) is 18.4. The van der Waals surface area contributed by atoms with Crippen LogP contribution < -0.4 is 5.73 Å². The van der Waals surface area contributed by atoms with E-state index in [2.05, 4.69) is 0 Å². The Morgan fingerprint density at radius 2 is 1.84 bits per heavy atom. The van der Waals surface area contributed by atoms with E-state index in [1.54, 1.807) is 24.3 Å². The zero-order valence-electron chi connectivity index (χ0n) is 14.9. The minimum Gasteiger partial charge on any atom is -0.508 e. The Bertz CT molecular complexity index is 664. The Morgan fingerprint density at radius 1 is 1.24 bits per heavy atom. The van der Waals surface area contributed by atoms with Crippen LogP contribution in [0.15, 0.2) is 24.3 Å². The number of primary amides is 1. The van der Waals surface area contributed by atoms with Crippen LogP contribution in [0.4, 0.5) is 0 Å². The second-order valence-corrected chi connectivity index (χ2v) is 7.62. The Kier molecular flexibility index (Phi) is 5.35. The van der Waals surface area contributed by atoms with Crippen LogP contribution in [-0.4, -0.2) is 45.3 Å². The number of phenols is 1. The number of phenolic OH excluding ortho intramolecular Hbond substituents is 1. The maximum absolute atomic E-state index is 12.6. The van der Waals surface area contributed by atoms with Gasteiger partial charge in [-0.05, 0) is 23.1 Å². The van der Waals surface area contributed by atoms with E-state index >= 15 is 0 Å².